The number of carbonyl (C=O) groups excluding carboxylic acids is 1. The standard InChI is InChI=1S/C10H9Cl2FN2O4/c11-5-1-4(13)2-6(12)8(5)15-10(19)14-3-7(16)9(17)18/h1-2,7,16H,3H2,(H,17,18)(H2,14,15,19)/t7-/m0/s1. The van der Waals surface area contributed by atoms with E-state index in [1.807, 2.05) is 0 Å². The van der Waals surface area contributed by atoms with Crippen molar-refractivity contribution in [2.75, 3.05) is 11.9 Å². The van der Waals surface area contributed by atoms with E-state index in [4.69, 9.17) is 33.4 Å². The summed E-state index contributed by atoms with van der Waals surface area (Å²) in [4.78, 5) is 21.7. The largest absolute Gasteiger partial charge is 0.479 e. The van der Waals surface area contributed by atoms with E-state index < -0.39 is 30.5 Å². The third kappa shape index (κ3) is 4.55. The van der Waals surface area contributed by atoms with Gasteiger partial charge in [0.05, 0.1) is 22.3 Å². The lowest BCUT2D eigenvalue weighted by Gasteiger charge is -2.11. The summed E-state index contributed by atoms with van der Waals surface area (Å²) < 4.78 is 12.9. The molecule has 4 N–H and O–H groups in total. The summed E-state index contributed by atoms with van der Waals surface area (Å²) in [5, 5.41) is 21.4. The van der Waals surface area contributed by atoms with Gasteiger partial charge < -0.3 is 20.8 Å². The predicted molar refractivity (Wildman–Crippen MR) is 67.1 cm³/mol. The van der Waals surface area contributed by atoms with Gasteiger partial charge in [0.1, 0.15) is 5.82 Å². The highest BCUT2D eigenvalue weighted by molar-refractivity contribution is 6.39. The van der Waals surface area contributed by atoms with Gasteiger partial charge in [-0.15, -0.1) is 0 Å². The number of halogens is 3. The van der Waals surface area contributed by atoms with Crippen LogP contribution < -0.4 is 10.6 Å². The molecule has 6 nitrogen and oxygen atoms in total. The molecule has 1 atom stereocenters. The molecule has 1 aromatic carbocycles. The molecule has 0 aliphatic rings. The Bertz CT molecular complexity index is 489. The number of rotatable bonds is 4. The van der Waals surface area contributed by atoms with Gasteiger partial charge in [-0.2, -0.15) is 0 Å². The van der Waals surface area contributed by atoms with Gasteiger partial charge in [0.15, 0.2) is 6.10 Å². The highest BCUT2D eigenvalue weighted by Crippen LogP contribution is 2.31. The van der Waals surface area contributed by atoms with Crippen LogP contribution in [0.5, 0.6) is 0 Å². The van der Waals surface area contributed by atoms with E-state index in [1.54, 1.807) is 0 Å². The number of aliphatic hydroxyl groups excluding tert-OH is 1. The minimum atomic E-state index is -1.73. The highest BCUT2D eigenvalue weighted by atomic mass is 35.5. The lowest BCUT2D eigenvalue weighted by Crippen LogP contribution is -2.38. The predicted octanol–water partition coefficient (Wildman–Crippen LogP) is 1.70. The molecule has 9 heteroatoms. The third-order valence-corrected chi connectivity index (χ3v) is 2.58. The molecule has 0 aliphatic carbocycles. The molecular formula is C10H9Cl2FN2O4. The van der Waals surface area contributed by atoms with Crippen LogP contribution in [0, 0.1) is 5.82 Å². The summed E-state index contributed by atoms with van der Waals surface area (Å²) in [5.74, 6) is -2.14. The molecule has 2 amide bonds. The van der Waals surface area contributed by atoms with E-state index in [9.17, 15) is 14.0 Å². The number of carboxylic acid groups (broad SMARTS) is 1. The molecule has 0 heterocycles. The van der Waals surface area contributed by atoms with Crippen molar-refractivity contribution in [1.29, 1.82) is 0 Å². The van der Waals surface area contributed by atoms with Crippen molar-refractivity contribution in [3.63, 3.8) is 0 Å². The molecule has 0 unspecified atom stereocenters. The molecule has 1 aromatic rings. The molecule has 0 spiro atoms. The molecule has 1 rings (SSSR count). The number of aliphatic carboxylic acids is 1. The minimum absolute atomic E-state index is 0.0213. The molecule has 0 saturated heterocycles. The van der Waals surface area contributed by atoms with Crippen LogP contribution in [0.4, 0.5) is 14.9 Å². The number of anilines is 1. The average molecular weight is 311 g/mol. The fourth-order valence-corrected chi connectivity index (χ4v) is 1.65. The second kappa shape index (κ2) is 6.55. The van der Waals surface area contributed by atoms with Crippen molar-refractivity contribution in [3.05, 3.63) is 28.0 Å². The molecule has 0 fully saturated rings. The smallest absolute Gasteiger partial charge is 0.334 e. The molecule has 0 aromatic heterocycles. The highest BCUT2D eigenvalue weighted by Gasteiger charge is 2.16. The summed E-state index contributed by atoms with van der Waals surface area (Å²) in [6, 6.07) is 1.07. The topological polar surface area (TPSA) is 98.7 Å². The maximum atomic E-state index is 12.9. The number of benzene rings is 1. The fourth-order valence-electron chi connectivity index (χ4n) is 1.10. The molecular weight excluding hydrogens is 302 g/mol. The zero-order valence-corrected chi connectivity index (χ0v) is 10.8. The van der Waals surface area contributed by atoms with Gasteiger partial charge >= 0.3 is 12.0 Å². The SMILES string of the molecule is O=C(NC[C@H](O)C(=O)O)Nc1c(Cl)cc(F)cc1Cl. The average Bonchev–Trinajstić information content (AvgIpc) is 2.30. The van der Waals surface area contributed by atoms with E-state index in [1.165, 1.54) is 0 Å². The minimum Gasteiger partial charge on any atom is -0.479 e. The van der Waals surface area contributed by atoms with Crippen molar-refractivity contribution in [2.24, 2.45) is 0 Å². The van der Waals surface area contributed by atoms with Crippen molar-refractivity contribution in [1.82, 2.24) is 5.32 Å². The van der Waals surface area contributed by atoms with E-state index >= 15 is 0 Å². The van der Waals surface area contributed by atoms with Crippen LogP contribution in [-0.4, -0.2) is 34.9 Å². The Hall–Kier alpha value is -1.57. The van der Waals surface area contributed by atoms with E-state index in [-0.39, 0.29) is 15.7 Å². The van der Waals surface area contributed by atoms with Gasteiger partial charge in [-0.3, -0.25) is 0 Å². The number of nitrogens with one attached hydrogen (secondary N) is 2. The van der Waals surface area contributed by atoms with Gasteiger partial charge in [-0.05, 0) is 12.1 Å². The van der Waals surface area contributed by atoms with Gasteiger partial charge in [0, 0.05) is 0 Å². The molecule has 19 heavy (non-hydrogen) atoms. The van der Waals surface area contributed by atoms with Crippen LogP contribution in [-0.2, 0) is 4.79 Å². The second-order valence-electron chi connectivity index (χ2n) is 3.43. The zero-order valence-electron chi connectivity index (χ0n) is 9.28. The first kappa shape index (κ1) is 15.5. The first-order chi connectivity index (χ1) is 8.81. The summed E-state index contributed by atoms with van der Waals surface area (Å²) >= 11 is 11.4. The van der Waals surface area contributed by atoms with Gasteiger partial charge in [-0.1, -0.05) is 23.2 Å². The summed E-state index contributed by atoms with van der Waals surface area (Å²) in [6.07, 6.45) is -1.73. The van der Waals surface area contributed by atoms with Crippen LogP contribution in [0.3, 0.4) is 0 Å². The molecule has 0 radical (unpaired) electrons. The van der Waals surface area contributed by atoms with Crippen LogP contribution >= 0.6 is 23.2 Å². The molecule has 0 saturated carbocycles. The van der Waals surface area contributed by atoms with Gasteiger partial charge in [0.2, 0.25) is 0 Å². The first-order valence-corrected chi connectivity index (χ1v) is 5.67. The van der Waals surface area contributed by atoms with Gasteiger partial charge in [0.25, 0.3) is 0 Å². The third-order valence-electron chi connectivity index (χ3n) is 1.99. The van der Waals surface area contributed by atoms with Crippen LogP contribution in [0.2, 0.25) is 10.0 Å². The number of hydrogen-bond donors (Lipinski definition) is 4. The van der Waals surface area contributed by atoms with E-state index in [0.29, 0.717) is 0 Å². The quantitative estimate of drug-likeness (QED) is 0.680. The van der Waals surface area contributed by atoms with E-state index in [2.05, 4.69) is 10.6 Å². The first-order valence-electron chi connectivity index (χ1n) is 4.91. The summed E-state index contributed by atoms with van der Waals surface area (Å²) in [6.45, 7) is -0.502. The number of carbonyl (C=O) groups is 2. The number of hydrogen-bond acceptors (Lipinski definition) is 3. The summed E-state index contributed by atoms with van der Waals surface area (Å²) in [5.41, 5.74) is -0.0213. The Morgan fingerprint density at radius 1 is 1.32 bits per heavy atom. The van der Waals surface area contributed by atoms with Crippen LogP contribution in [0.1, 0.15) is 0 Å². The normalized spacial score (nSPS) is 11.8. The van der Waals surface area contributed by atoms with Crippen LogP contribution in [0.25, 0.3) is 0 Å². The van der Waals surface area contributed by atoms with Crippen LogP contribution in [0.15, 0.2) is 12.1 Å². The lowest BCUT2D eigenvalue weighted by molar-refractivity contribution is -0.146. The fraction of sp³-hybridized carbons (Fsp3) is 0.200. The second-order valence-corrected chi connectivity index (χ2v) is 4.25. The zero-order chi connectivity index (χ0) is 14.6. The number of carboxylic acids is 1. The van der Waals surface area contributed by atoms with Crippen molar-refractivity contribution in [2.45, 2.75) is 6.10 Å². The monoisotopic (exact) mass is 310 g/mol. The maximum absolute atomic E-state index is 12.9. The Balaban J connectivity index is 2.65. The number of amides is 2. The Labute approximate surface area is 117 Å². The maximum Gasteiger partial charge on any atom is 0.334 e. The Morgan fingerprint density at radius 2 is 1.84 bits per heavy atom. The van der Waals surface area contributed by atoms with Crippen molar-refractivity contribution in [3.8, 4) is 0 Å². The number of urea groups is 1. The Morgan fingerprint density at radius 3 is 2.32 bits per heavy atom. The molecule has 0 bridgehead atoms. The molecule has 104 valence electrons. The number of aliphatic hydroxyl groups is 1. The van der Waals surface area contributed by atoms with Crippen molar-refractivity contribution < 1.29 is 24.2 Å². The molecule has 0 aliphatic heterocycles. The van der Waals surface area contributed by atoms with E-state index in [0.717, 1.165) is 12.1 Å². The Kier molecular flexibility index (Phi) is 5.34. The lowest BCUT2D eigenvalue weighted by atomic mass is 10.3. The van der Waals surface area contributed by atoms with Gasteiger partial charge in [-0.25, -0.2) is 14.0 Å². The van der Waals surface area contributed by atoms with Crippen molar-refractivity contribution >= 4 is 40.9 Å². The summed E-state index contributed by atoms with van der Waals surface area (Å²) in [7, 11) is 0.